The first-order valence-corrected chi connectivity index (χ1v) is 6.52. The van der Waals surface area contributed by atoms with Crippen LogP contribution in [0.15, 0.2) is 0 Å². The van der Waals surface area contributed by atoms with Crippen molar-refractivity contribution in [2.24, 2.45) is 5.92 Å². The number of nitriles is 1. The summed E-state index contributed by atoms with van der Waals surface area (Å²) >= 11 is 0. The van der Waals surface area contributed by atoms with Crippen LogP contribution in [0.3, 0.4) is 0 Å². The van der Waals surface area contributed by atoms with Gasteiger partial charge in [0.2, 0.25) is 10.0 Å². The fourth-order valence-corrected chi connectivity index (χ4v) is 3.08. The van der Waals surface area contributed by atoms with Gasteiger partial charge in [0.1, 0.15) is 0 Å². The number of sulfonamides is 1. The van der Waals surface area contributed by atoms with Gasteiger partial charge in [-0.15, -0.1) is 0 Å². The third kappa shape index (κ3) is 2.68. The second kappa shape index (κ2) is 4.92. The highest BCUT2D eigenvalue weighted by atomic mass is 32.2. The van der Waals surface area contributed by atoms with Crippen molar-refractivity contribution in [2.75, 3.05) is 19.7 Å². The van der Waals surface area contributed by atoms with Crippen molar-refractivity contribution >= 4 is 10.0 Å². The molecule has 0 aromatic carbocycles. The zero-order valence-electron chi connectivity index (χ0n) is 8.76. The first-order valence-electron chi connectivity index (χ1n) is 5.01. The smallest absolute Gasteiger partial charge is 0.230 e. The Labute approximate surface area is 90.4 Å². The Morgan fingerprint density at radius 2 is 2.33 bits per heavy atom. The van der Waals surface area contributed by atoms with Crippen LogP contribution in [0.25, 0.3) is 0 Å². The molecule has 0 radical (unpaired) electrons. The second-order valence-electron chi connectivity index (χ2n) is 3.87. The maximum Gasteiger partial charge on any atom is 0.230 e. The summed E-state index contributed by atoms with van der Waals surface area (Å²) in [5.41, 5.74) is 0. The van der Waals surface area contributed by atoms with Crippen LogP contribution in [0, 0.1) is 17.2 Å². The van der Waals surface area contributed by atoms with Crippen molar-refractivity contribution in [3.63, 3.8) is 0 Å². The first kappa shape index (κ1) is 12.4. The molecule has 1 rings (SSSR count). The van der Waals surface area contributed by atoms with E-state index in [1.165, 1.54) is 11.2 Å². The minimum Gasteiger partial charge on any atom is -0.396 e. The number of aliphatic hydroxyl groups excluding tert-OH is 1. The van der Waals surface area contributed by atoms with E-state index in [1.54, 1.807) is 6.07 Å². The fourth-order valence-electron chi connectivity index (χ4n) is 1.70. The Morgan fingerprint density at radius 3 is 2.87 bits per heavy atom. The lowest BCUT2D eigenvalue weighted by molar-refractivity contribution is 0.165. The topological polar surface area (TPSA) is 81.4 Å². The maximum atomic E-state index is 11.8. The lowest BCUT2D eigenvalue weighted by Crippen LogP contribution is -2.44. The van der Waals surface area contributed by atoms with Crippen molar-refractivity contribution in [3.05, 3.63) is 0 Å². The van der Waals surface area contributed by atoms with Crippen molar-refractivity contribution in [3.8, 4) is 6.07 Å². The van der Waals surface area contributed by atoms with Crippen LogP contribution >= 0.6 is 0 Å². The minimum absolute atomic E-state index is 0.00690. The molecule has 0 amide bonds. The molecule has 2 unspecified atom stereocenters. The van der Waals surface area contributed by atoms with E-state index in [9.17, 15) is 8.42 Å². The summed E-state index contributed by atoms with van der Waals surface area (Å²) in [6.45, 7) is 2.19. The molecular formula is C9H16N2O3S. The van der Waals surface area contributed by atoms with Gasteiger partial charge >= 0.3 is 0 Å². The molecule has 0 bridgehead atoms. The van der Waals surface area contributed by atoms with Crippen LogP contribution in [-0.2, 0) is 10.0 Å². The minimum atomic E-state index is -3.49. The summed E-state index contributed by atoms with van der Waals surface area (Å²) in [6, 6.07) is 1.74. The number of rotatable bonds is 3. The molecule has 6 heteroatoms. The van der Waals surface area contributed by atoms with Gasteiger partial charge in [-0.25, -0.2) is 12.7 Å². The van der Waals surface area contributed by atoms with E-state index in [4.69, 9.17) is 10.4 Å². The average Bonchev–Trinajstić information content (AvgIpc) is 2.27. The lowest BCUT2D eigenvalue weighted by atomic mass is 10.0. The molecule has 15 heavy (non-hydrogen) atoms. The van der Waals surface area contributed by atoms with Gasteiger partial charge in [0, 0.05) is 19.7 Å². The van der Waals surface area contributed by atoms with E-state index >= 15 is 0 Å². The molecule has 1 N–H and O–H groups in total. The highest BCUT2D eigenvalue weighted by Gasteiger charge is 2.32. The molecule has 86 valence electrons. The predicted molar refractivity (Wildman–Crippen MR) is 55.4 cm³/mol. The highest BCUT2D eigenvalue weighted by molar-refractivity contribution is 7.89. The van der Waals surface area contributed by atoms with Gasteiger partial charge in [-0.05, 0) is 25.7 Å². The SMILES string of the molecule is CC(C#N)S(=O)(=O)N1CCCC(CO)C1. The summed E-state index contributed by atoms with van der Waals surface area (Å²) in [7, 11) is -3.49. The molecule has 0 aromatic rings. The van der Waals surface area contributed by atoms with Crippen molar-refractivity contribution in [2.45, 2.75) is 25.0 Å². The number of nitrogens with zero attached hydrogens (tertiary/aromatic N) is 2. The van der Waals surface area contributed by atoms with Gasteiger partial charge in [-0.1, -0.05) is 0 Å². The predicted octanol–water partition coefficient (Wildman–Crippen LogP) is -0.0674. The molecule has 0 aromatic heterocycles. The molecule has 1 aliphatic rings. The Balaban J connectivity index is 2.76. The zero-order chi connectivity index (χ0) is 11.5. The van der Waals surface area contributed by atoms with E-state index < -0.39 is 15.3 Å². The van der Waals surface area contributed by atoms with E-state index in [0.29, 0.717) is 13.1 Å². The number of aliphatic hydroxyl groups is 1. The van der Waals surface area contributed by atoms with Crippen molar-refractivity contribution in [1.29, 1.82) is 5.26 Å². The lowest BCUT2D eigenvalue weighted by Gasteiger charge is -2.31. The third-order valence-electron chi connectivity index (χ3n) is 2.73. The Hall–Kier alpha value is -0.640. The van der Waals surface area contributed by atoms with Crippen LogP contribution in [0.5, 0.6) is 0 Å². The summed E-state index contributed by atoms with van der Waals surface area (Å²) < 4.78 is 24.9. The second-order valence-corrected chi connectivity index (χ2v) is 6.12. The monoisotopic (exact) mass is 232 g/mol. The number of piperidine rings is 1. The van der Waals surface area contributed by atoms with Crippen LogP contribution in [0.4, 0.5) is 0 Å². The molecule has 0 saturated carbocycles. The normalized spacial score (nSPS) is 25.8. The van der Waals surface area contributed by atoms with E-state index in [2.05, 4.69) is 0 Å². The van der Waals surface area contributed by atoms with Crippen molar-refractivity contribution in [1.82, 2.24) is 4.31 Å². The van der Waals surface area contributed by atoms with Crippen LogP contribution in [-0.4, -0.2) is 42.8 Å². The molecule has 1 fully saturated rings. The van der Waals surface area contributed by atoms with E-state index in [1.807, 2.05) is 0 Å². The summed E-state index contributed by atoms with van der Waals surface area (Å²) in [5, 5.41) is 16.6. The van der Waals surface area contributed by atoms with Crippen LogP contribution < -0.4 is 0 Å². The maximum absolute atomic E-state index is 11.8. The van der Waals surface area contributed by atoms with Gasteiger partial charge in [-0.3, -0.25) is 0 Å². The number of hydrogen-bond acceptors (Lipinski definition) is 4. The Bertz CT molecular complexity index is 347. The summed E-state index contributed by atoms with van der Waals surface area (Å²) in [5.74, 6) is 0.0133. The van der Waals surface area contributed by atoms with Gasteiger partial charge < -0.3 is 5.11 Å². The first-order chi connectivity index (χ1) is 7.02. The van der Waals surface area contributed by atoms with Crippen molar-refractivity contribution < 1.29 is 13.5 Å². The van der Waals surface area contributed by atoms with Gasteiger partial charge in [-0.2, -0.15) is 5.26 Å². The molecule has 1 aliphatic heterocycles. The molecule has 0 spiro atoms. The Morgan fingerprint density at radius 1 is 1.67 bits per heavy atom. The summed E-state index contributed by atoms with van der Waals surface area (Å²) in [6.07, 6.45) is 1.60. The fraction of sp³-hybridized carbons (Fsp3) is 0.889. The van der Waals surface area contributed by atoms with Crippen LogP contribution in [0.2, 0.25) is 0 Å². The molecule has 1 heterocycles. The quantitative estimate of drug-likeness (QED) is 0.738. The molecule has 5 nitrogen and oxygen atoms in total. The number of hydrogen-bond donors (Lipinski definition) is 1. The van der Waals surface area contributed by atoms with Gasteiger partial charge in [0.15, 0.2) is 5.25 Å². The largest absolute Gasteiger partial charge is 0.396 e. The Kier molecular flexibility index (Phi) is 4.08. The average molecular weight is 232 g/mol. The highest BCUT2D eigenvalue weighted by Crippen LogP contribution is 2.20. The van der Waals surface area contributed by atoms with E-state index in [0.717, 1.165) is 12.8 Å². The molecule has 2 atom stereocenters. The van der Waals surface area contributed by atoms with Crippen LogP contribution in [0.1, 0.15) is 19.8 Å². The van der Waals surface area contributed by atoms with Gasteiger partial charge in [0.25, 0.3) is 0 Å². The van der Waals surface area contributed by atoms with Gasteiger partial charge in [0.05, 0.1) is 6.07 Å². The zero-order valence-corrected chi connectivity index (χ0v) is 9.57. The molecule has 0 aliphatic carbocycles. The third-order valence-corrected chi connectivity index (χ3v) is 4.78. The van der Waals surface area contributed by atoms with E-state index in [-0.39, 0.29) is 12.5 Å². The standard InChI is InChI=1S/C9H16N2O3S/c1-8(5-10)15(13,14)11-4-2-3-9(6-11)7-12/h8-9,12H,2-4,6-7H2,1H3. The molecule has 1 saturated heterocycles. The molecular weight excluding hydrogens is 216 g/mol. The summed E-state index contributed by atoms with van der Waals surface area (Å²) in [4.78, 5) is 0.